The molecule has 16 nitrogen and oxygen atoms in total. The van der Waals surface area contributed by atoms with Crippen LogP contribution in [0.4, 0.5) is 5.69 Å². The lowest BCUT2D eigenvalue weighted by molar-refractivity contribution is -0.890. The second-order valence-electron chi connectivity index (χ2n) is 30.9. The summed E-state index contributed by atoms with van der Waals surface area (Å²) in [5.41, 5.74) is 5.95. The van der Waals surface area contributed by atoms with E-state index in [4.69, 9.17) is 23.7 Å². The molecule has 96 heavy (non-hydrogen) atoms. The Morgan fingerprint density at radius 1 is 0.740 bits per heavy atom. The molecule has 5 unspecified atom stereocenters. The number of esters is 1. The summed E-state index contributed by atoms with van der Waals surface area (Å²) >= 11 is 0. The van der Waals surface area contributed by atoms with Crippen molar-refractivity contribution in [2.75, 3.05) is 110 Å². The molecule has 2 aliphatic heterocycles. The number of fused-ring (bicyclic) bond motifs is 1. The van der Waals surface area contributed by atoms with E-state index in [0.29, 0.717) is 12.0 Å². The standard InChI is InChI=1S/C30H52O2.C21H32O.C11H23NO5.C7H9N.C5H14NO.C3H9NO.C3H6O2/c1-21(2)13-10-14-22(3)15-11-16-23(4)17-12-19-30(8)20-18-27-26(7)28(31-9)24(5)25(6)29(27)32-30;1-17(9-7-10-18(2)14-16-22-6)12-13-20-19(3)11-8-15-21(20,4)5;1-8(6-13)10(3,15)11(4,16)9(2,12-5)7(14)17-8;1-8-7-5-3-2-4-6-7;1-6(2,3)5-7-4;1-4(2,3)5;1-3(4)5-2/h21-23H,10-20H2,1-9H3;7,9-10,12-14H,8,11,15-16H2,1-6H3;7,12-16H,6H2,1-5H3;2-6,8H,1H3;5H2,1-4H3;1-3H3;1-2H3/q;;;;+1;;/b;10-7+,13-12+,17-9+,18-14+;;;;;/t22-,23-,30-;;;;;;/m1....../s1. The van der Waals surface area contributed by atoms with Gasteiger partial charge >= 0.3 is 5.97 Å². The summed E-state index contributed by atoms with van der Waals surface area (Å²) < 4.78 is 32.3. The zero-order valence-corrected chi connectivity index (χ0v) is 66.6. The number of quaternary nitrogens is 2. The zero-order chi connectivity index (χ0) is 74.7. The predicted octanol–water partition coefficient (Wildman–Crippen LogP) is 16.3. The Labute approximate surface area is 587 Å². The minimum atomic E-state index is -1.74. The maximum atomic E-state index is 10.6. The Morgan fingerprint density at radius 3 is 1.70 bits per heavy atom. The van der Waals surface area contributed by atoms with Crippen LogP contribution in [0, 0.1) is 49.1 Å². The molecule has 6 N–H and O–H groups in total. The molecule has 3 aliphatic rings. The van der Waals surface area contributed by atoms with Crippen molar-refractivity contribution >= 4 is 11.7 Å². The lowest BCUT2D eigenvalue weighted by atomic mass is 9.62. The molecule has 16 heteroatoms. The third-order valence-electron chi connectivity index (χ3n) is 18.9. The van der Waals surface area contributed by atoms with Crippen molar-refractivity contribution in [1.82, 2.24) is 5.32 Å². The first-order valence-electron chi connectivity index (χ1n) is 35.1. The number of benzene rings is 2. The third kappa shape index (κ3) is 34.1. The van der Waals surface area contributed by atoms with Crippen LogP contribution in [0.5, 0.6) is 11.5 Å². The van der Waals surface area contributed by atoms with Gasteiger partial charge in [-0.2, -0.15) is 0 Å². The summed E-state index contributed by atoms with van der Waals surface area (Å²) in [6.07, 6.45) is 29.8. The van der Waals surface area contributed by atoms with Crippen LogP contribution in [0.3, 0.4) is 0 Å². The van der Waals surface area contributed by atoms with E-state index in [-0.39, 0.29) is 16.2 Å². The van der Waals surface area contributed by atoms with Crippen LogP contribution in [-0.4, -0.2) is 175 Å². The van der Waals surface area contributed by atoms with Gasteiger partial charge in [0.25, 0.3) is 0 Å². The van der Waals surface area contributed by atoms with E-state index in [0.717, 1.165) is 65.4 Å². The summed E-state index contributed by atoms with van der Waals surface area (Å²) in [6, 6.07) is 10.1. The molecule has 2 aromatic rings. The number of rotatable bonds is 24. The fourth-order valence-corrected chi connectivity index (χ4v) is 11.8. The van der Waals surface area contributed by atoms with Crippen LogP contribution < -0.4 is 20.1 Å². The number of hydrogen-bond acceptors (Lipinski definition) is 14. The number of aliphatic hydroxyl groups is 4. The van der Waals surface area contributed by atoms with Gasteiger partial charge in [-0.15, -0.1) is 0 Å². The van der Waals surface area contributed by atoms with Crippen LogP contribution in [0.25, 0.3) is 0 Å². The van der Waals surface area contributed by atoms with Gasteiger partial charge in [0, 0.05) is 39.4 Å². The second kappa shape index (κ2) is 44.6. The van der Waals surface area contributed by atoms with Gasteiger partial charge < -0.3 is 73.8 Å². The molecule has 556 valence electrons. The number of hydrogen-bond donors (Lipinski definition) is 6. The van der Waals surface area contributed by atoms with Crippen molar-refractivity contribution in [3.8, 4) is 11.5 Å². The van der Waals surface area contributed by atoms with Gasteiger partial charge in [0.2, 0.25) is 0 Å². The quantitative estimate of drug-likeness (QED) is 0.0191. The fourth-order valence-electron chi connectivity index (χ4n) is 11.8. The molecular weight excluding hydrogens is 1210 g/mol. The number of allylic oxidation sites excluding steroid dienone is 9. The maximum Gasteiger partial charge on any atom is 0.302 e. The summed E-state index contributed by atoms with van der Waals surface area (Å²) in [5.74, 6) is 4.50. The number of hydroxylamine groups is 3. The van der Waals surface area contributed by atoms with Crippen molar-refractivity contribution in [2.24, 2.45) is 23.2 Å². The molecule has 2 heterocycles. The molecule has 0 spiro atoms. The SMILES string of the molecule is CNC1(C)C(O)OC(C)(CO)C(C)(O)C1(C)O.CNc1ccccc1.COC(C)=O.COC/C=C(C)/C=C/C=C(C)/C=C/C1=C(C)CCCC1(C)C.COC[N+](C)(C)C.COc1c(C)c(C)c2c(c1C)CC[C@@](C)(CCC[C@H](C)CCC[C@H](C)CCCC(C)C)O2.C[N+](C)(C)[O-]. The molecule has 1 aliphatic carbocycles. The molecule has 2 aromatic carbocycles. The summed E-state index contributed by atoms with van der Waals surface area (Å²) in [7, 11) is 21.0. The second-order valence-corrected chi connectivity index (χ2v) is 30.9. The van der Waals surface area contributed by atoms with Crippen molar-refractivity contribution in [2.45, 2.75) is 249 Å². The maximum absolute atomic E-state index is 10.6. The van der Waals surface area contributed by atoms with E-state index in [1.165, 1.54) is 144 Å². The average molecular weight is 1360 g/mol. The van der Waals surface area contributed by atoms with Gasteiger partial charge in [0.15, 0.2) is 13.0 Å². The van der Waals surface area contributed by atoms with Crippen molar-refractivity contribution in [3.63, 3.8) is 0 Å². The molecule has 0 bridgehead atoms. The monoisotopic (exact) mass is 1350 g/mol. The number of carbonyl (C=O) groups is 1. The number of para-hydroxylation sites is 1. The average Bonchev–Trinajstić information content (AvgIpc) is 0.707. The van der Waals surface area contributed by atoms with Crippen molar-refractivity contribution < 1.29 is 62.8 Å². The topological polar surface area (TPSA) is 200 Å². The first-order chi connectivity index (χ1) is 44.2. The highest BCUT2D eigenvalue weighted by molar-refractivity contribution is 5.65. The van der Waals surface area contributed by atoms with Gasteiger partial charge in [-0.25, -0.2) is 0 Å². The number of anilines is 1. The largest absolute Gasteiger partial charge is 0.633 e. The molecule has 1 saturated heterocycles. The van der Waals surface area contributed by atoms with E-state index in [1.54, 1.807) is 62.0 Å². The molecule has 8 atom stereocenters. The van der Waals surface area contributed by atoms with Crippen LogP contribution in [0.2, 0.25) is 0 Å². The first kappa shape index (κ1) is 93.6. The van der Waals surface area contributed by atoms with E-state index in [9.17, 15) is 30.4 Å². The normalized spacial score (nSPS) is 23.9. The minimum absolute atomic E-state index is 0.0319. The number of likely N-dealkylation sites (N-methyl/N-ethyl adjacent to an activating group) is 1. The van der Waals surface area contributed by atoms with Gasteiger partial charge in [-0.1, -0.05) is 158 Å². The highest BCUT2D eigenvalue weighted by Gasteiger charge is 2.69. The van der Waals surface area contributed by atoms with E-state index in [2.05, 4.69) is 163 Å². The van der Waals surface area contributed by atoms with Crippen LogP contribution >= 0.6 is 0 Å². The van der Waals surface area contributed by atoms with Crippen LogP contribution in [0.1, 0.15) is 210 Å². The summed E-state index contributed by atoms with van der Waals surface area (Å²) in [4.78, 5) is 9.59. The fraction of sp³-hybridized carbons (Fsp3) is 0.713. The molecule has 0 aromatic heterocycles. The van der Waals surface area contributed by atoms with E-state index >= 15 is 0 Å². The van der Waals surface area contributed by atoms with Crippen molar-refractivity contribution in [3.05, 3.63) is 117 Å². The third-order valence-corrected chi connectivity index (χ3v) is 18.9. The molecular formula is C80H145N4O12+. The van der Waals surface area contributed by atoms with Gasteiger partial charge in [0.05, 0.1) is 75.3 Å². The summed E-state index contributed by atoms with van der Waals surface area (Å²) in [6.45, 7) is 37.7. The Balaban J connectivity index is 0. The molecule has 0 radical (unpaired) electrons. The van der Waals surface area contributed by atoms with E-state index in [1.807, 2.05) is 37.4 Å². The smallest absolute Gasteiger partial charge is 0.302 e. The van der Waals surface area contributed by atoms with Gasteiger partial charge in [-0.3, -0.25) is 4.79 Å². The van der Waals surface area contributed by atoms with Gasteiger partial charge in [0.1, 0.15) is 33.9 Å². The number of methoxy groups -OCH3 is 4. The number of nitrogens with one attached hydrogen (secondary N) is 2. The Bertz CT molecular complexity index is 2660. The van der Waals surface area contributed by atoms with E-state index < -0.39 is 35.2 Å². The Morgan fingerprint density at radius 2 is 1.27 bits per heavy atom. The van der Waals surface area contributed by atoms with Crippen molar-refractivity contribution in [1.29, 1.82) is 0 Å². The van der Waals surface area contributed by atoms with Crippen LogP contribution in [-0.2, 0) is 30.2 Å². The summed E-state index contributed by atoms with van der Waals surface area (Å²) in [5, 5.41) is 56.3. The molecule has 1 fully saturated rings. The number of aliphatic hydroxyl groups excluding tert-OH is 2. The predicted molar refractivity (Wildman–Crippen MR) is 404 cm³/mol. The molecule has 5 rings (SSSR count). The Kier molecular flexibility index (Phi) is 43.5. The zero-order valence-electron chi connectivity index (χ0n) is 66.6. The lowest BCUT2D eigenvalue weighted by Gasteiger charge is -2.62. The van der Waals surface area contributed by atoms with Gasteiger partial charge in [-0.05, 0) is 186 Å². The lowest BCUT2D eigenvalue weighted by Crippen LogP contribution is -2.84. The van der Waals surface area contributed by atoms with Crippen LogP contribution in [0.15, 0.2) is 89.1 Å². The Hall–Kier alpha value is -4.43. The number of nitrogens with zero attached hydrogens (tertiary/aromatic N) is 2. The molecule has 0 saturated carbocycles. The highest BCUT2D eigenvalue weighted by atomic mass is 16.6. The molecule has 0 amide bonds. The minimum Gasteiger partial charge on any atom is -0.633 e. The number of ether oxygens (including phenoxy) is 6. The first-order valence-corrected chi connectivity index (χ1v) is 35.1. The highest BCUT2D eigenvalue weighted by Crippen LogP contribution is 2.49. The number of carbonyl (C=O) groups excluding carboxylic acids is 1.